The Balaban J connectivity index is 1.92. The molecule has 2 atom stereocenters. The van der Waals surface area contributed by atoms with Gasteiger partial charge in [0, 0.05) is 25.8 Å². The van der Waals surface area contributed by atoms with E-state index in [1.165, 1.54) is 0 Å². The largest absolute Gasteiger partial charge is 0.390 e. The summed E-state index contributed by atoms with van der Waals surface area (Å²) in [5.74, 6) is 0. The molecule has 112 valence electrons. The molecule has 3 N–H and O–H groups in total. The first-order valence-corrected chi connectivity index (χ1v) is 7.23. The number of rotatable bonds is 6. The Kier molecular flexibility index (Phi) is 5.56. The second kappa shape index (κ2) is 7.41. The van der Waals surface area contributed by atoms with Crippen LogP contribution in [0.2, 0.25) is 5.02 Å². The molecule has 0 fully saturated rings. The molecule has 0 bridgehead atoms. The lowest BCUT2D eigenvalue weighted by Crippen LogP contribution is -2.43. The molecule has 1 heterocycles. The maximum Gasteiger partial charge on any atom is 0.0868 e. The van der Waals surface area contributed by atoms with E-state index in [2.05, 4.69) is 4.98 Å². The second-order valence-electron chi connectivity index (χ2n) is 5.16. The Labute approximate surface area is 130 Å². The fourth-order valence-electron chi connectivity index (χ4n) is 2.15. The molecule has 5 heteroatoms. The Bertz CT molecular complexity index is 564. The van der Waals surface area contributed by atoms with Gasteiger partial charge in [-0.3, -0.25) is 4.98 Å². The van der Waals surface area contributed by atoms with E-state index in [1.54, 1.807) is 12.4 Å². The highest BCUT2D eigenvalue weighted by Crippen LogP contribution is 2.17. The van der Waals surface area contributed by atoms with Crippen molar-refractivity contribution in [1.82, 2.24) is 4.98 Å². The molecule has 0 amide bonds. The third-order valence-corrected chi connectivity index (χ3v) is 3.61. The smallest absolute Gasteiger partial charge is 0.0868 e. The molecule has 0 aliphatic carbocycles. The fraction of sp³-hybridized carbons (Fsp3) is 0.312. The van der Waals surface area contributed by atoms with Crippen molar-refractivity contribution in [1.29, 1.82) is 0 Å². The van der Waals surface area contributed by atoms with Gasteiger partial charge in [-0.1, -0.05) is 41.9 Å². The molecule has 0 radical (unpaired) electrons. The van der Waals surface area contributed by atoms with Crippen molar-refractivity contribution in [2.75, 3.05) is 18.5 Å². The molecule has 2 rings (SSSR count). The van der Waals surface area contributed by atoms with Crippen LogP contribution < -0.4 is 10.6 Å². The standard InChI is InChI=1S/C16H20ClN3O/c1-20(14-8-13(17)9-19-10-14)11-16(21)15(18)7-12-5-3-2-4-6-12/h2-6,8-10,15-16,21H,7,11,18H2,1H3/t15-,16+/m0/s1. The molecular formula is C16H20ClN3O. The van der Waals surface area contributed by atoms with Gasteiger partial charge >= 0.3 is 0 Å². The molecule has 0 aliphatic rings. The first-order chi connectivity index (χ1) is 10.1. The van der Waals surface area contributed by atoms with Crippen LogP contribution in [0.25, 0.3) is 0 Å². The maximum atomic E-state index is 10.3. The van der Waals surface area contributed by atoms with E-state index in [4.69, 9.17) is 17.3 Å². The van der Waals surface area contributed by atoms with Crippen molar-refractivity contribution in [3.05, 3.63) is 59.4 Å². The van der Waals surface area contributed by atoms with Gasteiger partial charge in [-0.15, -0.1) is 0 Å². The van der Waals surface area contributed by atoms with Gasteiger partial charge in [-0.05, 0) is 18.1 Å². The van der Waals surface area contributed by atoms with Crippen LogP contribution >= 0.6 is 11.6 Å². The molecule has 0 spiro atoms. The van der Waals surface area contributed by atoms with Gasteiger partial charge < -0.3 is 15.7 Å². The van der Waals surface area contributed by atoms with Crippen LogP contribution in [-0.4, -0.2) is 35.8 Å². The zero-order valence-corrected chi connectivity index (χ0v) is 12.7. The zero-order valence-electron chi connectivity index (χ0n) is 12.0. The minimum absolute atomic E-state index is 0.318. The van der Waals surface area contributed by atoms with Crippen LogP contribution in [-0.2, 0) is 6.42 Å². The van der Waals surface area contributed by atoms with E-state index in [9.17, 15) is 5.11 Å². The van der Waals surface area contributed by atoms with E-state index in [0.717, 1.165) is 11.3 Å². The molecule has 21 heavy (non-hydrogen) atoms. The number of aromatic nitrogens is 1. The van der Waals surface area contributed by atoms with Crippen LogP contribution in [0, 0.1) is 0 Å². The number of likely N-dealkylation sites (N-methyl/N-ethyl adjacent to an activating group) is 1. The average molecular weight is 306 g/mol. The van der Waals surface area contributed by atoms with Crippen LogP contribution in [0.4, 0.5) is 5.69 Å². The average Bonchev–Trinajstić information content (AvgIpc) is 2.48. The van der Waals surface area contributed by atoms with Crippen molar-refractivity contribution in [2.45, 2.75) is 18.6 Å². The summed E-state index contributed by atoms with van der Waals surface area (Å²) in [6.07, 6.45) is 3.30. The summed E-state index contributed by atoms with van der Waals surface area (Å²) in [6, 6.07) is 11.4. The molecular weight excluding hydrogens is 286 g/mol. The fourth-order valence-corrected chi connectivity index (χ4v) is 2.32. The molecule has 0 saturated carbocycles. The van der Waals surface area contributed by atoms with E-state index in [0.29, 0.717) is 18.0 Å². The highest BCUT2D eigenvalue weighted by molar-refractivity contribution is 6.30. The van der Waals surface area contributed by atoms with Crippen LogP contribution in [0.1, 0.15) is 5.56 Å². The molecule has 0 unspecified atom stereocenters. The summed E-state index contributed by atoms with van der Waals surface area (Å²) in [6.45, 7) is 0.427. The normalized spacial score (nSPS) is 13.7. The monoisotopic (exact) mass is 305 g/mol. The third kappa shape index (κ3) is 4.70. The number of hydrogen-bond donors (Lipinski definition) is 2. The van der Waals surface area contributed by atoms with Crippen LogP contribution in [0.15, 0.2) is 48.8 Å². The molecule has 0 aliphatic heterocycles. The third-order valence-electron chi connectivity index (χ3n) is 3.40. The van der Waals surface area contributed by atoms with E-state index in [1.807, 2.05) is 48.3 Å². The van der Waals surface area contributed by atoms with Crippen LogP contribution in [0.5, 0.6) is 0 Å². The second-order valence-corrected chi connectivity index (χ2v) is 5.60. The molecule has 2 aromatic rings. The van der Waals surface area contributed by atoms with Crippen molar-refractivity contribution in [3.63, 3.8) is 0 Å². The van der Waals surface area contributed by atoms with Crippen LogP contribution in [0.3, 0.4) is 0 Å². The predicted octanol–water partition coefficient (Wildman–Crippen LogP) is 2.10. The van der Waals surface area contributed by atoms with E-state index < -0.39 is 6.10 Å². The lowest BCUT2D eigenvalue weighted by Gasteiger charge is -2.26. The van der Waals surface area contributed by atoms with Crippen molar-refractivity contribution < 1.29 is 5.11 Å². The Morgan fingerprint density at radius 2 is 2.00 bits per heavy atom. The number of aliphatic hydroxyl groups excluding tert-OH is 1. The predicted molar refractivity (Wildman–Crippen MR) is 86.6 cm³/mol. The van der Waals surface area contributed by atoms with Gasteiger partial charge in [-0.2, -0.15) is 0 Å². The molecule has 4 nitrogen and oxygen atoms in total. The lowest BCUT2D eigenvalue weighted by molar-refractivity contribution is 0.150. The molecule has 0 saturated heterocycles. The highest BCUT2D eigenvalue weighted by Gasteiger charge is 2.17. The maximum absolute atomic E-state index is 10.3. The van der Waals surface area contributed by atoms with Gasteiger partial charge in [0.25, 0.3) is 0 Å². The Hall–Kier alpha value is -1.62. The van der Waals surface area contributed by atoms with Crippen molar-refractivity contribution in [3.8, 4) is 0 Å². The SMILES string of the molecule is CN(C[C@@H](O)[C@@H](N)Cc1ccccc1)c1cncc(Cl)c1. The van der Waals surface area contributed by atoms with Gasteiger partial charge in [0.05, 0.1) is 23.0 Å². The number of nitrogens with zero attached hydrogens (tertiary/aromatic N) is 2. The zero-order chi connectivity index (χ0) is 15.2. The number of pyridine rings is 1. The summed E-state index contributed by atoms with van der Waals surface area (Å²) < 4.78 is 0. The number of anilines is 1. The minimum Gasteiger partial charge on any atom is -0.390 e. The molecule has 1 aromatic heterocycles. The van der Waals surface area contributed by atoms with Gasteiger partial charge in [0.1, 0.15) is 0 Å². The topological polar surface area (TPSA) is 62.4 Å². The Morgan fingerprint density at radius 3 is 2.67 bits per heavy atom. The van der Waals surface area contributed by atoms with Crippen molar-refractivity contribution >= 4 is 17.3 Å². The summed E-state index contributed by atoms with van der Waals surface area (Å²) in [4.78, 5) is 5.94. The first-order valence-electron chi connectivity index (χ1n) is 6.85. The van der Waals surface area contributed by atoms with Crippen molar-refractivity contribution in [2.24, 2.45) is 5.73 Å². The van der Waals surface area contributed by atoms with E-state index in [-0.39, 0.29) is 6.04 Å². The number of benzene rings is 1. The molecule has 1 aromatic carbocycles. The Morgan fingerprint density at radius 1 is 1.29 bits per heavy atom. The van der Waals surface area contributed by atoms with E-state index >= 15 is 0 Å². The summed E-state index contributed by atoms with van der Waals surface area (Å²) in [7, 11) is 1.88. The van der Waals surface area contributed by atoms with Gasteiger partial charge in [-0.25, -0.2) is 0 Å². The summed E-state index contributed by atoms with van der Waals surface area (Å²) in [5.41, 5.74) is 8.06. The summed E-state index contributed by atoms with van der Waals surface area (Å²) in [5, 5.41) is 10.8. The van der Waals surface area contributed by atoms with Gasteiger partial charge in [0.2, 0.25) is 0 Å². The number of aliphatic hydroxyl groups is 1. The quantitative estimate of drug-likeness (QED) is 0.858. The number of nitrogens with two attached hydrogens (primary N) is 1. The lowest BCUT2D eigenvalue weighted by atomic mass is 10.0. The first kappa shape index (κ1) is 15.8. The van der Waals surface area contributed by atoms with Gasteiger partial charge in [0.15, 0.2) is 0 Å². The number of halogens is 1. The minimum atomic E-state index is -0.630. The number of hydrogen-bond acceptors (Lipinski definition) is 4. The highest BCUT2D eigenvalue weighted by atomic mass is 35.5. The summed E-state index contributed by atoms with van der Waals surface area (Å²) >= 11 is 5.92.